The van der Waals surface area contributed by atoms with Crippen LogP contribution in [0.15, 0.2) is 65.7 Å². The summed E-state index contributed by atoms with van der Waals surface area (Å²) in [5.41, 5.74) is -0.461. The van der Waals surface area contributed by atoms with Crippen LogP contribution in [0, 0.1) is 0 Å². The van der Waals surface area contributed by atoms with Crippen LogP contribution >= 0.6 is 0 Å². The Morgan fingerprint density at radius 3 is 2.54 bits per heavy atom. The Kier molecular flexibility index (Phi) is 3.64. The normalized spacial score (nSPS) is 11.8. The predicted octanol–water partition coefficient (Wildman–Crippen LogP) is 4.60. The Labute approximate surface area is 145 Å². The van der Waals surface area contributed by atoms with E-state index in [4.69, 9.17) is 0 Å². The molecule has 26 heavy (non-hydrogen) atoms. The standard InChI is InChI=1S/C19H12F3N3O/c20-19(21,22)15-4-2-1-3-13(15)16-10-11-5-6-12(17-23-7-8-24-17)9-14(11)18(26)25-16/h1-10H,(H,23,24)(H,25,26). The van der Waals surface area contributed by atoms with Crippen molar-refractivity contribution < 1.29 is 13.2 Å². The molecule has 0 radical (unpaired) electrons. The van der Waals surface area contributed by atoms with Gasteiger partial charge in [0.05, 0.1) is 5.56 Å². The maximum Gasteiger partial charge on any atom is 0.417 e. The fourth-order valence-electron chi connectivity index (χ4n) is 2.94. The largest absolute Gasteiger partial charge is 0.417 e. The van der Waals surface area contributed by atoms with Crippen LogP contribution in [0.4, 0.5) is 13.2 Å². The minimum absolute atomic E-state index is 0.0610. The van der Waals surface area contributed by atoms with Crippen LogP contribution in [0.3, 0.4) is 0 Å². The van der Waals surface area contributed by atoms with Gasteiger partial charge < -0.3 is 9.97 Å². The number of aromatic amines is 2. The third-order valence-corrected chi connectivity index (χ3v) is 4.14. The van der Waals surface area contributed by atoms with Crippen LogP contribution in [0.2, 0.25) is 0 Å². The molecule has 7 heteroatoms. The predicted molar refractivity (Wildman–Crippen MR) is 92.6 cm³/mol. The first-order valence-corrected chi connectivity index (χ1v) is 7.77. The smallest absolute Gasteiger partial charge is 0.345 e. The number of alkyl halides is 3. The summed E-state index contributed by atoms with van der Waals surface area (Å²) < 4.78 is 39.8. The van der Waals surface area contributed by atoms with Gasteiger partial charge in [0.25, 0.3) is 5.56 Å². The number of H-pyrrole nitrogens is 2. The first-order valence-electron chi connectivity index (χ1n) is 7.77. The van der Waals surface area contributed by atoms with E-state index < -0.39 is 17.3 Å². The molecule has 0 spiro atoms. The molecule has 0 aliphatic carbocycles. The molecule has 2 N–H and O–H groups in total. The molecule has 0 fully saturated rings. The molecule has 4 nitrogen and oxygen atoms in total. The maximum atomic E-state index is 13.3. The van der Waals surface area contributed by atoms with Gasteiger partial charge in [-0.1, -0.05) is 30.3 Å². The van der Waals surface area contributed by atoms with Crippen molar-refractivity contribution in [3.05, 3.63) is 76.8 Å². The van der Waals surface area contributed by atoms with Crippen LogP contribution in [-0.2, 0) is 6.18 Å². The Morgan fingerprint density at radius 2 is 1.81 bits per heavy atom. The molecule has 4 aromatic rings. The molecule has 0 aliphatic rings. The first-order chi connectivity index (χ1) is 12.4. The van der Waals surface area contributed by atoms with Crippen LogP contribution in [0.1, 0.15) is 5.56 Å². The molecule has 2 aromatic carbocycles. The second-order valence-corrected chi connectivity index (χ2v) is 5.80. The molecule has 0 saturated carbocycles. The van der Waals surface area contributed by atoms with Crippen molar-refractivity contribution in [1.82, 2.24) is 15.0 Å². The highest BCUT2D eigenvalue weighted by molar-refractivity contribution is 5.88. The molecule has 0 aliphatic heterocycles. The fraction of sp³-hybridized carbons (Fsp3) is 0.0526. The van der Waals surface area contributed by atoms with Gasteiger partial charge in [-0.05, 0) is 23.6 Å². The van der Waals surface area contributed by atoms with E-state index in [0.717, 1.165) is 11.6 Å². The average Bonchev–Trinajstić information content (AvgIpc) is 3.15. The van der Waals surface area contributed by atoms with Gasteiger partial charge in [-0.15, -0.1) is 0 Å². The van der Waals surface area contributed by atoms with E-state index in [1.54, 1.807) is 36.7 Å². The molecular formula is C19H12F3N3O. The number of nitrogens with one attached hydrogen (secondary N) is 2. The summed E-state index contributed by atoms with van der Waals surface area (Å²) in [5, 5.41) is 0.933. The highest BCUT2D eigenvalue weighted by Gasteiger charge is 2.33. The number of pyridine rings is 1. The Balaban J connectivity index is 1.90. The lowest BCUT2D eigenvalue weighted by Crippen LogP contribution is -2.11. The highest BCUT2D eigenvalue weighted by atomic mass is 19.4. The lowest BCUT2D eigenvalue weighted by molar-refractivity contribution is -0.137. The number of rotatable bonds is 2. The Hall–Kier alpha value is -3.35. The summed E-state index contributed by atoms with van der Waals surface area (Å²) in [6.45, 7) is 0. The van der Waals surface area contributed by atoms with E-state index in [1.807, 2.05) is 0 Å². The van der Waals surface area contributed by atoms with Crippen LogP contribution in [0.25, 0.3) is 33.4 Å². The molecule has 0 atom stereocenters. The van der Waals surface area contributed by atoms with Crippen LogP contribution in [0.5, 0.6) is 0 Å². The average molecular weight is 355 g/mol. The molecular weight excluding hydrogens is 343 g/mol. The van der Waals surface area contributed by atoms with Crippen molar-refractivity contribution in [3.63, 3.8) is 0 Å². The number of hydrogen-bond acceptors (Lipinski definition) is 2. The lowest BCUT2D eigenvalue weighted by Gasteiger charge is -2.13. The number of imidazole rings is 1. The van der Waals surface area contributed by atoms with Gasteiger partial charge in [-0.25, -0.2) is 4.98 Å². The van der Waals surface area contributed by atoms with Gasteiger partial charge in [0.15, 0.2) is 0 Å². The van der Waals surface area contributed by atoms with Gasteiger partial charge in [-0.3, -0.25) is 4.79 Å². The Bertz CT molecular complexity index is 1140. The SMILES string of the molecule is O=c1[nH]c(-c2ccccc2C(F)(F)F)cc2ccc(-c3ncc[nH]3)cc12. The first kappa shape index (κ1) is 16.1. The van der Waals surface area contributed by atoms with Crippen molar-refractivity contribution in [3.8, 4) is 22.6 Å². The van der Waals surface area contributed by atoms with Crippen molar-refractivity contribution in [1.29, 1.82) is 0 Å². The molecule has 2 heterocycles. The number of fused-ring (bicyclic) bond motifs is 1. The second-order valence-electron chi connectivity index (χ2n) is 5.80. The molecule has 130 valence electrons. The maximum absolute atomic E-state index is 13.3. The van der Waals surface area contributed by atoms with Crippen molar-refractivity contribution in [2.24, 2.45) is 0 Å². The van der Waals surface area contributed by atoms with E-state index in [1.165, 1.54) is 18.2 Å². The minimum atomic E-state index is -4.51. The van der Waals surface area contributed by atoms with Crippen molar-refractivity contribution in [2.75, 3.05) is 0 Å². The van der Waals surface area contributed by atoms with Crippen molar-refractivity contribution >= 4 is 10.8 Å². The summed E-state index contributed by atoms with van der Waals surface area (Å²) in [6, 6.07) is 11.8. The zero-order chi connectivity index (χ0) is 18.3. The third-order valence-electron chi connectivity index (χ3n) is 4.14. The van der Waals surface area contributed by atoms with Crippen LogP contribution in [-0.4, -0.2) is 15.0 Å². The number of halogens is 3. The van der Waals surface area contributed by atoms with E-state index in [0.29, 0.717) is 16.6 Å². The summed E-state index contributed by atoms with van der Waals surface area (Å²) in [5.74, 6) is 0.609. The fourth-order valence-corrected chi connectivity index (χ4v) is 2.94. The highest BCUT2D eigenvalue weighted by Crippen LogP contribution is 2.36. The topological polar surface area (TPSA) is 61.5 Å². The summed E-state index contributed by atoms with van der Waals surface area (Å²) in [4.78, 5) is 22.1. The summed E-state index contributed by atoms with van der Waals surface area (Å²) >= 11 is 0. The van der Waals surface area contributed by atoms with Gasteiger partial charge in [0, 0.05) is 34.6 Å². The number of benzene rings is 2. The third kappa shape index (κ3) is 2.77. The molecule has 2 aromatic heterocycles. The zero-order valence-corrected chi connectivity index (χ0v) is 13.3. The van der Waals surface area contributed by atoms with Gasteiger partial charge in [-0.2, -0.15) is 13.2 Å². The minimum Gasteiger partial charge on any atom is -0.345 e. The second kappa shape index (κ2) is 5.87. The van der Waals surface area contributed by atoms with Crippen LogP contribution < -0.4 is 5.56 Å². The van der Waals surface area contributed by atoms with Gasteiger partial charge in [0.1, 0.15) is 5.82 Å². The number of hydrogen-bond donors (Lipinski definition) is 2. The summed E-state index contributed by atoms with van der Waals surface area (Å²) in [7, 11) is 0. The zero-order valence-electron chi connectivity index (χ0n) is 13.3. The van der Waals surface area contributed by atoms with Gasteiger partial charge >= 0.3 is 6.18 Å². The lowest BCUT2D eigenvalue weighted by atomic mass is 10.0. The van der Waals surface area contributed by atoms with E-state index in [9.17, 15) is 18.0 Å². The quantitative estimate of drug-likeness (QED) is 0.552. The number of aromatic nitrogens is 3. The van der Waals surface area contributed by atoms with Gasteiger partial charge in [0.2, 0.25) is 0 Å². The monoisotopic (exact) mass is 355 g/mol. The molecule has 0 saturated heterocycles. The van der Waals surface area contributed by atoms with Crippen molar-refractivity contribution in [2.45, 2.75) is 6.18 Å². The number of nitrogens with zero attached hydrogens (tertiary/aromatic N) is 1. The van der Waals surface area contributed by atoms with E-state index in [-0.39, 0.29) is 11.3 Å². The molecule has 4 rings (SSSR count). The van der Waals surface area contributed by atoms with E-state index >= 15 is 0 Å². The summed E-state index contributed by atoms with van der Waals surface area (Å²) in [6.07, 6.45) is -1.24. The van der Waals surface area contributed by atoms with E-state index in [2.05, 4.69) is 15.0 Å². The Morgan fingerprint density at radius 1 is 1.00 bits per heavy atom. The molecule has 0 amide bonds. The molecule has 0 bridgehead atoms. The molecule has 0 unspecified atom stereocenters.